The zero-order valence-electron chi connectivity index (χ0n) is 29.3. The van der Waals surface area contributed by atoms with Crippen LogP contribution >= 0.6 is 11.6 Å². The lowest BCUT2D eigenvalue weighted by atomic mass is 9.91. The van der Waals surface area contributed by atoms with E-state index in [0.717, 1.165) is 56.1 Å². The molecule has 5 atom stereocenters. The van der Waals surface area contributed by atoms with Crippen LogP contribution in [-0.4, -0.2) is 84.0 Å². The van der Waals surface area contributed by atoms with Crippen molar-refractivity contribution in [2.45, 2.75) is 132 Å². The summed E-state index contributed by atoms with van der Waals surface area (Å²) in [6.45, 7) is 0.512. The van der Waals surface area contributed by atoms with Crippen molar-refractivity contribution in [3.8, 4) is 0 Å². The van der Waals surface area contributed by atoms with Crippen LogP contribution in [0.1, 0.15) is 101 Å². The van der Waals surface area contributed by atoms with Crippen molar-refractivity contribution in [1.82, 2.24) is 25.2 Å². The molecular weight excluding hydrogens is 710 g/mol. The molecule has 7 rings (SSSR count). The highest BCUT2D eigenvalue weighted by Crippen LogP contribution is 2.57. The number of ketones is 1. The highest BCUT2D eigenvalue weighted by molar-refractivity contribution is 7.90. The quantitative estimate of drug-likeness (QED) is 0.357. The second kappa shape index (κ2) is 15.0. The molecule has 3 heterocycles. The van der Waals surface area contributed by atoms with E-state index in [-0.39, 0.29) is 37.9 Å². The van der Waals surface area contributed by atoms with E-state index in [0.29, 0.717) is 43.7 Å². The van der Waals surface area contributed by atoms with Crippen LogP contribution in [0.2, 0.25) is 5.02 Å². The van der Waals surface area contributed by atoms with Gasteiger partial charge in [-0.25, -0.2) is 18.0 Å². The first kappa shape index (κ1) is 36.7. The molecule has 13 nitrogen and oxygen atoms in total. The molecule has 5 amide bonds. The lowest BCUT2D eigenvalue weighted by Gasteiger charge is -2.29. The molecule has 0 aromatic heterocycles. The van der Waals surface area contributed by atoms with Crippen LogP contribution in [0.15, 0.2) is 30.4 Å². The Kier molecular flexibility index (Phi) is 10.6. The van der Waals surface area contributed by atoms with Gasteiger partial charge in [-0.05, 0) is 74.5 Å². The van der Waals surface area contributed by atoms with Crippen LogP contribution in [0.5, 0.6) is 0 Å². The number of ether oxygens (including phenoxy) is 1. The van der Waals surface area contributed by atoms with Gasteiger partial charge in [0.05, 0.1) is 29.8 Å². The van der Waals surface area contributed by atoms with E-state index in [9.17, 15) is 32.4 Å². The molecule has 1 unspecified atom stereocenters. The number of sulfonamides is 1. The Hall–Kier alpha value is -3.65. The second-order valence-corrected chi connectivity index (χ2v) is 17.9. The Morgan fingerprint density at radius 1 is 0.942 bits per heavy atom. The number of hydrogen-bond acceptors (Lipinski definition) is 8. The zero-order chi connectivity index (χ0) is 36.6. The molecule has 0 bridgehead atoms. The van der Waals surface area contributed by atoms with Gasteiger partial charge < -0.3 is 20.3 Å². The van der Waals surface area contributed by atoms with Gasteiger partial charge in [0.25, 0.3) is 0 Å². The van der Waals surface area contributed by atoms with Gasteiger partial charge in [-0.2, -0.15) is 0 Å². The predicted molar refractivity (Wildman–Crippen MR) is 191 cm³/mol. The zero-order valence-corrected chi connectivity index (χ0v) is 30.9. The average molecular weight is 758 g/mol. The van der Waals surface area contributed by atoms with Crippen LogP contribution in [0.3, 0.4) is 0 Å². The summed E-state index contributed by atoms with van der Waals surface area (Å²) < 4.78 is 33.8. The van der Waals surface area contributed by atoms with Gasteiger partial charge in [-0.1, -0.05) is 61.6 Å². The molecule has 282 valence electrons. The first-order chi connectivity index (χ1) is 24.9. The van der Waals surface area contributed by atoms with E-state index >= 15 is 0 Å². The van der Waals surface area contributed by atoms with Crippen molar-refractivity contribution < 1.29 is 37.1 Å². The standard InChI is InChI=1S/C37H48ClN5O8S/c38-29-13-8-9-23-20-42(22-28(23)29)36(48)51-26-17-31-32(44)19-37(34(46)41-52(49,50)27-15-16-27)18-24(37)10-4-2-1-3-5-14-30(33(45)43(31)21-26)40-35(47)39-25-11-6-7-12-25/h4,8-10,13,24-27,30-31H,1-3,5-7,11-12,14-22H2,(H,41,46)(H2,39,40,47)/b10-4-/t24-,26-,30+,31?,37-/m1/s1. The van der Waals surface area contributed by atoms with Crippen LogP contribution in [0, 0.1) is 11.3 Å². The summed E-state index contributed by atoms with van der Waals surface area (Å²) in [4.78, 5) is 72.0. The van der Waals surface area contributed by atoms with E-state index < -0.39 is 68.6 Å². The number of hydrogen-bond donors (Lipinski definition) is 3. The number of nitrogens with one attached hydrogen (secondary N) is 3. The van der Waals surface area contributed by atoms with Gasteiger partial charge in [-0.3, -0.25) is 24.0 Å². The lowest BCUT2D eigenvalue weighted by molar-refractivity contribution is -0.140. The van der Waals surface area contributed by atoms with E-state index in [1.54, 1.807) is 6.07 Å². The Labute approximate surface area is 309 Å². The molecule has 3 aliphatic heterocycles. The maximum absolute atomic E-state index is 14.4. The monoisotopic (exact) mass is 757 g/mol. The minimum atomic E-state index is -3.85. The molecule has 3 aliphatic carbocycles. The lowest BCUT2D eigenvalue weighted by Crippen LogP contribution is -2.55. The number of fused-ring (bicyclic) bond motifs is 3. The summed E-state index contributed by atoms with van der Waals surface area (Å²) in [5.74, 6) is -1.88. The molecule has 4 fully saturated rings. The number of rotatable bonds is 6. The SMILES string of the molecule is O=C(NC1CCCC1)N[C@H]1CCCCC/C=C\[C@@H]2C[C@@]2(C(=O)NS(=O)(=O)C2CC2)CC(=O)C2C[C@@H](OC(=O)N3Cc4cccc(Cl)c4C3)CN2C1=O. The second-order valence-electron chi connectivity index (χ2n) is 15.5. The van der Waals surface area contributed by atoms with Crippen molar-refractivity contribution >= 4 is 51.3 Å². The van der Waals surface area contributed by atoms with E-state index in [2.05, 4.69) is 15.4 Å². The fourth-order valence-electron chi connectivity index (χ4n) is 8.37. The van der Waals surface area contributed by atoms with Gasteiger partial charge in [-0.15, -0.1) is 0 Å². The third kappa shape index (κ3) is 7.97. The summed E-state index contributed by atoms with van der Waals surface area (Å²) in [7, 11) is -3.85. The smallest absolute Gasteiger partial charge is 0.410 e. The number of halogens is 1. The van der Waals surface area contributed by atoms with Gasteiger partial charge in [0, 0.05) is 30.5 Å². The number of Topliss-reactive ketones (excluding diaryl/α,β-unsaturated/α-hetero) is 1. The first-order valence-electron chi connectivity index (χ1n) is 18.8. The topological polar surface area (TPSA) is 171 Å². The van der Waals surface area contributed by atoms with Gasteiger partial charge >= 0.3 is 12.1 Å². The summed E-state index contributed by atoms with van der Waals surface area (Å²) in [5.41, 5.74) is 0.494. The summed E-state index contributed by atoms with van der Waals surface area (Å²) in [6, 6.07) is 3.13. The molecule has 15 heteroatoms. The van der Waals surface area contributed by atoms with Gasteiger partial charge in [0.1, 0.15) is 12.1 Å². The molecule has 1 aromatic carbocycles. The van der Waals surface area contributed by atoms with Gasteiger partial charge in [0.2, 0.25) is 21.8 Å². The number of nitrogens with zero attached hydrogens (tertiary/aromatic N) is 2. The van der Waals surface area contributed by atoms with Crippen molar-refractivity contribution in [3.05, 3.63) is 46.5 Å². The summed E-state index contributed by atoms with van der Waals surface area (Å²) in [5, 5.41) is 5.83. The van der Waals surface area contributed by atoms with E-state index in [4.69, 9.17) is 16.3 Å². The fourth-order valence-corrected chi connectivity index (χ4v) is 10.0. The fraction of sp³-hybridized carbons (Fsp3) is 0.649. The molecule has 1 aromatic rings. The molecule has 6 aliphatic rings. The summed E-state index contributed by atoms with van der Waals surface area (Å²) >= 11 is 6.37. The van der Waals surface area contributed by atoms with Crippen LogP contribution in [-0.2, 0) is 42.2 Å². The van der Waals surface area contributed by atoms with Gasteiger partial charge in [0.15, 0.2) is 5.78 Å². The third-order valence-corrected chi connectivity index (χ3v) is 13.8. The molecule has 3 N–H and O–H groups in total. The number of urea groups is 1. The molecule has 1 saturated heterocycles. The molecular formula is C37H48ClN5O8S. The van der Waals surface area contributed by atoms with Crippen LogP contribution in [0.4, 0.5) is 9.59 Å². The minimum Gasteiger partial charge on any atom is -0.444 e. The maximum atomic E-state index is 14.4. The van der Waals surface area contributed by atoms with Crippen LogP contribution in [0.25, 0.3) is 0 Å². The maximum Gasteiger partial charge on any atom is 0.410 e. The third-order valence-electron chi connectivity index (χ3n) is 11.7. The molecule has 0 spiro atoms. The van der Waals surface area contributed by atoms with E-state index in [1.165, 1.54) is 9.80 Å². The molecule has 0 radical (unpaired) electrons. The van der Waals surface area contributed by atoms with Crippen molar-refractivity contribution in [2.75, 3.05) is 6.54 Å². The average Bonchev–Trinajstić information content (AvgIpc) is 3.88. The van der Waals surface area contributed by atoms with Crippen molar-refractivity contribution in [2.24, 2.45) is 11.3 Å². The largest absolute Gasteiger partial charge is 0.444 e. The predicted octanol–water partition coefficient (Wildman–Crippen LogP) is 4.47. The first-order valence-corrected chi connectivity index (χ1v) is 20.7. The molecule has 3 saturated carbocycles. The Morgan fingerprint density at radius 2 is 1.71 bits per heavy atom. The normalized spacial score (nSPS) is 30.3. The Morgan fingerprint density at radius 3 is 2.46 bits per heavy atom. The van der Waals surface area contributed by atoms with Crippen molar-refractivity contribution in [1.29, 1.82) is 0 Å². The van der Waals surface area contributed by atoms with Crippen LogP contribution < -0.4 is 15.4 Å². The number of allylic oxidation sites excluding steroid dienone is 2. The minimum absolute atomic E-state index is 0.0113. The Bertz CT molecular complexity index is 1740. The highest BCUT2D eigenvalue weighted by atomic mass is 35.5. The Balaban J connectivity index is 1.12. The highest BCUT2D eigenvalue weighted by Gasteiger charge is 2.61. The van der Waals surface area contributed by atoms with E-state index in [1.807, 2.05) is 24.3 Å². The summed E-state index contributed by atoms with van der Waals surface area (Å²) in [6.07, 6.45) is 10.7. The number of amides is 5. The van der Waals surface area contributed by atoms with Crippen molar-refractivity contribution in [3.63, 3.8) is 0 Å². The number of carbonyl (C=O) groups excluding carboxylic acids is 5. The molecule has 52 heavy (non-hydrogen) atoms. The number of benzene rings is 1. The number of carbonyl (C=O) groups is 5.